The quantitative estimate of drug-likeness (QED) is 0.445. The number of piperidine rings is 1. The van der Waals surface area contributed by atoms with Crippen molar-refractivity contribution in [2.24, 2.45) is 0 Å². The molecule has 0 bridgehead atoms. The van der Waals surface area contributed by atoms with Crippen LogP contribution in [0.1, 0.15) is 37.7 Å². The van der Waals surface area contributed by atoms with E-state index >= 15 is 0 Å². The molecule has 2 aromatic heterocycles. The maximum Gasteiger partial charge on any atom is 0.274 e. The molecular weight excluding hydrogens is 442 g/mol. The van der Waals surface area contributed by atoms with E-state index in [2.05, 4.69) is 37.5 Å². The lowest BCUT2D eigenvalue weighted by atomic mass is 9.89. The molecule has 35 heavy (non-hydrogen) atoms. The second kappa shape index (κ2) is 10.2. The Hall–Kier alpha value is -3.85. The number of aryl methyl sites for hydroxylation is 1. The highest BCUT2D eigenvalue weighted by atomic mass is 16.1. The van der Waals surface area contributed by atoms with Crippen molar-refractivity contribution in [3.05, 3.63) is 77.1 Å². The molecule has 4 aromatic rings. The highest BCUT2D eigenvalue weighted by Gasteiger charge is 2.21. The van der Waals surface area contributed by atoms with E-state index in [0.717, 1.165) is 50.0 Å². The molecule has 0 unspecified atom stereocenters. The number of hydrogen-bond acceptors (Lipinski definition) is 6. The Kier molecular flexibility index (Phi) is 6.67. The minimum Gasteiger partial charge on any atom is -0.326 e. The van der Waals surface area contributed by atoms with Gasteiger partial charge < -0.3 is 10.2 Å². The summed E-state index contributed by atoms with van der Waals surface area (Å²) in [6, 6.07) is 15.7. The van der Waals surface area contributed by atoms with Gasteiger partial charge in [-0.25, -0.2) is 14.3 Å². The number of carbonyl (C=O) groups is 1. The Morgan fingerprint density at radius 2 is 1.86 bits per heavy atom. The summed E-state index contributed by atoms with van der Waals surface area (Å²) in [5.41, 5.74) is 2.06. The molecule has 9 nitrogen and oxygen atoms in total. The maximum atomic E-state index is 13.0. The zero-order valence-corrected chi connectivity index (χ0v) is 19.8. The van der Waals surface area contributed by atoms with Crippen LogP contribution in [-0.2, 0) is 11.3 Å². The number of fused-ring (bicyclic) bond motifs is 1. The van der Waals surface area contributed by atoms with Gasteiger partial charge in [0.05, 0.1) is 5.39 Å². The van der Waals surface area contributed by atoms with E-state index in [0.29, 0.717) is 23.7 Å². The monoisotopic (exact) mass is 471 g/mol. The summed E-state index contributed by atoms with van der Waals surface area (Å²) >= 11 is 0. The largest absolute Gasteiger partial charge is 0.326 e. The van der Waals surface area contributed by atoms with Crippen LogP contribution < -0.4 is 10.9 Å². The van der Waals surface area contributed by atoms with E-state index in [1.165, 1.54) is 18.8 Å². The molecule has 1 N–H and O–H groups in total. The number of hydrogen-bond donors (Lipinski definition) is 1. The number of carbonyl (C=O) groups excluding carboxylic acids is 1. The van der Waals surface area contributed by atoms with Gasteiger partial charge in [0.25, 0.3) is 5.56 Å². The van der Waals surface area contributed by atoms with Crippen LogP contribution in [0.15, 0.2) is 66.0 Å². The molecular formula is C26H29N7O2. The van der Waals surface area contributed by atoms with Crippen molar-refractivity contribution in [1.29, 1.82) is 0 Å². The Labute approximate surface area is 203 Å². The SMILES string of the molecule is CC(=O)Nc1cccc(C2CCN(CCCn3nc(-n4cncn4)c4ccccc4c3=O)CC2)c1. The third-order valence-electron chi connectivity index (χ3n) is 6.59. The lowest BCUT2D eigenvalue weighted by Crippen LogP contribution is -2.35. The van der Waals surface area contributed by atoms with Crippen molar-refractivity contribution in [3.63, 3.8) is 0 Å². The van der Waals surface area contributed by atoms with Gasteiger partial charge in [0, 0.05) is 24.5 Å². The average molecular weight is 472 g/mol. The molecule has 2 aromatic carbocycles. The maximum absolute atomic E-state index is 13.0. The molecule has 1 aliphatic heterocycles. The van der Waals surface area contributed by atoms with Gasteiger partial charge in [-0.2, -0.15) is 5.10 Å². The Balaban J connectivity index is 1.21. The van der Waals surface area contributed by atoms with Crippen LogP contribution in [0, 0.1) is 0 Å². The van der Waals surface area contributed by atoms with Gasteiger partial charge in [-0.1, -0.05) is 30.3 Å². The topological polar surface area (TPSA) is 97.9 Å². The summed E-state index contributed by atoms with van der Waals surface area (Å²) in [4.78, 5) is 30.9. The Morgan fingerprint density at radius 1 is 1.06 bits per heavy atom. The normalized spacial score (nSPS) is 14.9. The molecule has 1 saturated heterocycles. The van der Waals surface area contributed by atoms with Crippen LogP contribution >= 0.6 is 0 Å². The number of rotatable bonds is 7. The molecule has 180 valence electrons. The van der Waals surface area contributed by atoms with Gasteiger partial charge in [0.2, 0.25) is 5.91 Å². The first-order chi connectivity index (χ1) is 17.1. The van der Waals surface area contributed by atoms with Gasteiger partial charge in [-0.15, -0.1) is 5.10 Å². The van der Waals surface area contributed by atoms with E-state index < -0.39 is 0 Å². The van der Waals surface area contributed by atoms with Crippen molar-refractivity contribution < 1.29 is 4.79 Å². The molecule has 1 aliphatic rings. The first kappa shape index (κ1) is 22.9. The molecule has 0 saturated carbocycles. The van der Waals surface area contributed by atoms with Crippen LogP contribution in [0.3, 0.4) is 0 Å². The van der Waals surface area contributed by atoms with Crippen LogP contribution in [0.4, 0.5) is 5.69 Å². The first-order valence-corrected chi connectivity index (χ1v) is 12.0. The smallest absolute Gasteiger partial charge is 0.274 e. The molecule has 0 spiro atoms. The first-order valence-electron chi connectivity index (χ1n) is 12.0. The predicted octanol–water partition coefficient (Wildman–Crippen LogP) is 3.21. The van der Waals surface area contributed by atoms with Crippen molar-refractivity contribution in [3.8, 4) is 5.82 Å². The van der Waals surface area contributed by atoms with Crippen LogP contribution in [-0.4, -0.2) is 55.0 Å². The van der Waals surface area contributed by atoms with Crippen molar-refractivity contribution in [2.45, 2.75) is 38.6 Å². The second-order valence-corrected chi connectivity index (χ2v) is 9.01. The zero-order chi connectivity index (χ0) is 24.2. The van der Waals surface area contributed by atoms with E-state index in [9.17, 15) is 9.59 Å². The van der Waals surface area contributed by atoms with Crippen LogP contribution in [0.5, 0.6) is 0 Å². The number of likely N-dealkylation sites (tertiary alicyclic amines) is 1. The predicted molar refractivity (Wildman–Crippen MR) is 135 cm³/mol. The van der Waals surface area contributed by atoms with Gasteiger partial charge in [-0.05, 0) is 68.6 Å². The minimum atomic E-state index is -0.0813. The van der Waals surface area contributed by atoms with Crippen LogP contribution in [0.2, 0.25) is 0 Å². The lowest BCUT2D eigenvalue weighted by molar-refractivity contribution is -0.114. The van der Waals surface area contributed by atoms with Crippen molar-refractivity contribution >= 4 is 22.4 Å². The number of anilines is 1. The molecule has 0 aliphatic carbocycles. The number of aromatic nitrogens is 5. The van der Waals surface area contributed by atoms with Gasteiger partial charge >= 0.3 is 0 Å². The summed E-state index contributed by atoms with van der Waals surface area (Å²) in [6.45, 7) is 5.02. The third-order valence-corrected chi connectivity index (χ3v) is 6.59. The number of nitrogens with one attached hydrogen (secondary N) is 1. The standard InChI is InChI=1S/C26H29N7O2/c1-19(34)29-22-7-4-6-21(16-22)20-10-14-31(15-11-20)12-5-13-32-26(35)24-9-3-2-8-23(24)25(30-32)33-18-27-17-28-33/h2-4,6-9,16-18,20H,5,10-15H2,1H3,(H,29,34). The summed E-state index contributed by atoms with van der Waals surface area (Å²) in [7, 11) is 0. The zero-order valence-electron chi connectivity index (χ0n) is 19.8. The molecule has 1 fully saturated rings. The molecule has 0 radical (unpaired) electrons. The minimum absolute atomic E-state index is 0.0506. The van der Waals surface area contributed by atoms with Crippen molar-refractivity contribution in [2.75, 3.05) is 25.0 Å². The van der Waals surface area contributed by atoms with Crippen LogP contribution in [0.25, 0.3) is 16.6 Å². The van der Waals surface area contributed by atoms with Crippen molar-refractivity contribution in [1.82, 2.24) is 29.4 Å². The summed E-state index contributed by atoms with van der Waals surface area (Å²) in [5, 5.41) is 13.1. The fourth-order valence-corrected chi connectivity index (χ4v) is 4.86. The summed E-state index contributed by atoms with van der Waals surface area (Å²) < 4.78 is 3.16. The third kappa shape index (κ3) is 5.14. The average Bonchev–Trinajstić information content (AvgIpc) is 3.41. The van der Waals surface area contributed by atoms with Gasteiger partial charge in [0.1, 0.15) is 12.7 Å². The molecule has 5 rings (SSSR count). The molecule has 9 heteroatoms. The molecule has 1 amide bonds. The van der Waals surface area contributed by atoms with E-state index in [1.54, 1.807) is 15.7 Å². The fraction of sp³-hybridized carbons (Fsp3) is 0.346. The highest BCUT2D eigenvalue weighted by Crippen LogP contribution is 2.29. The summed E-state index contributed by atoms with van der Waals surface area (Å²) in [6.07, 6.45) is 6.05. The molecule has 3 heterocycles. The number of benzene rings is 2. The highest BCUT2D eigenvalue weighted by molar-refractivity contribution is 5.88. The van der Waals surface area contributed by atoms with Gasteiger partial charge in [0.15, 0.2) is 5.82 Å². The van der Waals surface area contributed by atoms with E-state index in [-0.39, 0.29) is 11.5 Å². The lowest BCUT2D eigenvalue weighted by Gasteiger charge is -2.32. The van der Waals surface area contributed by atoms with Gasteiger partial charge in [-0.3, -0.25) is 9.59 Å². The molecule has 0 atom stereocenters. The Morgan fingerprint density at radius 3 is 2.60 bits per heavy atom. The second-order valence-electron chi connectivity index (χ2n) is 9.01. The summed E-state index contributed by atoms with van der Waals surface area (Å²) in [5.74, 6) is 1.06. The van der Waals surface area contributed by atoms with E-state index in [1.807, 2.05) is 36.4 Å². The Bertz CT molecular complexity index is 1370. The van der Waals surface area contributed by atoms with E-state index in [4.69, 9.17) is 0 Å². The number of nitrogens with zero attached hydrogens (tertiary/aromatic N) is 6. The number of amides is 1. The fourth-order valence-electron chi connectivity index (χ4n) is 4.86.